The molecule has 252 valence electrons. The largest absolute Gasteiger partial charge is 0.195 e. The Morgan fingerprint density at radius 2 is 0.913 bits per heavy atom. The summed E-state index contributed by atoms with van der Waals surface area (Å²) in [6, 6.07) is 39.9. The molecule has 1 nitrogen and oxygen atoms in total. The quantitative estimate of drug-likeness (QED) is 0.106. The molecule has 4 rings (SSSR count). The van der Waals surface area contributed by atoms with Gasteiger partial charge in [-0.2, -0.15) is 5.50 Å². The molecular formula is C42H67NPSi2+. The Balaban J connectivity index is 1.86. The summed E-state index contributed by atoms with van der Waals surface area (Å²) in [5.41, 5.74) is 10.3. The van der Waals surface area contributed by atoms with Gasteiger partial charge in [-0.1, -0.05) is 181 Å². The Kier molecular flexibility index (Phi) is 14.4. The van der Waals surface area contributed by atoms with Gasteiger partial charge >= 0.3 is 0 Å². The van der Waals surface area contributed by atoms with E-state index in [2.05, 4.69) is 120 Å². The number of hydrogen-bond donors (Lipinski definition) is 1. The van der Waals surface area contributed by atoms with Crippen molar-refractivity contribution in [2.45, 2.75) is 154 Å². The Bertz CT molecular complexity index is 1210. The molecule has 46 heavy (non-hydrogen) atoms. The first-order chi connectivity index (χ1) is 22.4. The van der Waals surface area contributed by atoms with Gasteiger partial charge in [-0.3, -0.25) is 0 Å². The lowest BCUT2D eigenvalue weighted by atomic mass is 9.84. The fraction of sp³-hybridized carbons (Fsp3) is 0.571. The van der Waals surface area contributed by atoms with E-state index in [4.69, 9.17) is 5.50 Å². The maximum atomic E-state index is 8.21. The van der Waals surface area contributed by atoms with Crippen LogP contribution in [0, 0.1) is 0 Å². The maximum absolute atomic E-state index is 8.21. The van der Waals surface area contributed by atoms with E-state index in [0.29, 0.717) is 11.6 Å². The lowest BCUT2D eigenvalue weighted by Gasteiger charge is -2.38. The van der Waals surface area contributed by atoms with E-state index < -0.39 is 23.6 Å². The monoisotopic (exact) mass is 672 g/mol. The molecule has 1 saturated carbocycles. The zero-order valence-electron chi connectivity index (χ0n) is 30.5. The predicted octanol–water partition coefficient (Wildman–Crippen LogP) is 11.0. The summed E-state index contributed by atoms with van der Waals surface area (Å²) >= 11 is 0. The van der Waals surface area contributed by atoms with Crippen molar-refractivity contribution >= 4 is 44.5 Å². The highest BCUT2D eigenvalue weighted by Gasteiger charge is 2.50. The number of rotatable bonds is 18. The van der Waals surface area contributed by atoms with Gasteiger partial charge in [0.1, 0.15) is 18.0 Å². The number of benzene rings is 3. The van der Waals surface area contributed by atoms with Gasteiger partial charge in [-0.05, 0) is 61.4 Å². The van der Waals surface area contributed by atoms with Gasteiger partial charge in [-0.25, -0.2) is 0 Å². The highest BCUT2D eigenvalue weighted by molar-refractivity contribution is 7.88. The molecule has 3 aromatic rings. The van der Waals surface area contributed by atoms with E-state index in [1.165, 1.54) is 117 Å². The molecule has 0 amide bonds. The first-order valence-electron chi connectivity index (χ1n) is 19.3. The van der Waals surface area contributed by atoms with Crippen molar-refractivity contribution in [2.24, 2.45) is 5.50 Å². The summed E-state index contributed by atoms with van der Waals surface area (Å²) in [5.74, 6) is 0.668. The van der Waals surface area contributed by atoms with Crippen LogP contribution in [0.3, 0.4) is 0 Å². The summed E-state index contributed by atoms with van der Waals surface area (Å²) in [6.07, 6.45) is 12.8. The van der Waals surface area contributed by atoms with Gasteiger partial charge in [0.15, 0.2) is 0 Å². The topological polar surface area (TPSA) is 26.0 Å². The molecule has 0 atom stereocenters. The molecule has 2 N–H and O–H groups in total. The minimum atomic E-state index is -2.13. The van der Waals surface area contributed by atoms with Crippen molar-refractivity contribution in [3.63, 3.8) is 0 Å². The summed E-state index contributed by atoms with van der Waals surface area (Å²) in [6.45, 7) is 14.5. The fourth-order valence-electron chi connectivity index (χ4n) is 9.73. The molecule has 0 aliphatic heterocycles. The number of nitrogens with two attached hydrogens (primary N) is 1. The Hall–Kier alpha value is -1.52. The van der Waals surface area contributed by atoms with Gasteiger partial charge in [0.05, 0.1) is 21.8 Å². The van der Waals surface area contributed by atoms with Crippen molar-refractivity contribution in [3.05, 3.63) is 84.4 Å². The van der Waals surface area contributed by atoms with Crippen molar-refractivity contribution < 1.29 is 0 Å². The van der Waals surface area contributed by atoms with Gasteiger partial charge in [0.25, 0.3) is 0 Å². The average molecular weight is 673 g/mol. The van der Waals surface area contributed by atoms with Crippen molar-refractivity contribution in [1.29, 1.82) is 0 Å². The fourth-order valence-corrected chi connectivity index (χ4v) is 24.4. The second-order valence-electron chi connectivity index (χ2n) is 14.9. The highest BCUT2D eigenvalue weighted by Crippen LogP contribution is 2.59. The molecular weight excluding hydrogens is 606 g/mol. The first kappa shape index (κ1) is 37.3. The zero-order valence-corrected chi connectivity index (χ0v) is 33.4. The van der Waals surface area contributed by atoms with Crippen molar-refractivity contribution in [1.82, 2.24) is 0 Å². The summed E-state index contributed by atoms with van der Waals surface area (Å²) < 4.78 is 0. The molecule has 1 fully saturated rings. The van der Waals surface area contributed by atoms with Crippen molar-refractivity contribution in [3.8, 4) is 0 Å². The van der Waals surface area contributed by atoms with Crippen LogP contribution < -0.4 is 26.5 Å². The first-order valence-corrected chi connectivity index (χ1v) is 26.5. The summed E-state index contributed by atoms with van der Waals surface area (Å²) in [4.78, 5) is 0. The lowest BCUT2D eigenvalue weighted by Crippen LogP contribution is -2.50. The lowest BCUT2D eigenvalue weighted by molar-refractivity contribution is 0.448. The molecule has 0 aromatic heterocycles. The standard InChI is InChI=1S/C42H67NPSi2/c1-7-28-45(29-8-2,30-9-3)41-22-16-20-39(34-41)44(43,38-26-24-37(25-27-38)36-18-14-13-15-19-36)40-21-17-23-42(35-40)46(31-10-4,32-11-5)33-12-6/h13-23,34-35,37-38H,7-12,24-33,43H2,1-6H3/q+1. The molecule has 0 heterocycles. The van der Waals surface area contributed by atoms with Crippen LogP contribution in [0.5, 0.6) is 0 Å². The Labute approximate surface area is 287 Å². The van der Waals surface area contributed by atoms with Crippen LogP contribution in [-0.4, -0.2) is 21.8 Å². The van der Waals surface area contributed by atoms with Gasteiger partial charge in [-0.15, -0.1) is 0 Å². The van der Waals surface area contributed by atoms with Crippen LogP contribution >= 0.6 is 7.41 Å². The maximum Gasteiger partial charge on any atom is 0.145 e. The van der Waals surface area contributed by atoms with Gasteiger partial charge in [0, 0.05) is 0 Å². The summed E-state index contributed by atoms with van der Waals surface area (Å²) in [5, 5.41) is 6.40. The van der Waals surface area contributed by atoms with Crippen LogP contribution in [0.2, 0.25) is 36.3 Å². The summed E-state index contributed by atoms with van der Waals surface area (Å²) in [7, 11) is -5.31. The minimum absolute atomic E-state index is 0.553. The van der Waals surface area contributed by atoms with Crippen molar-refractivity contribution in [2.75, 3.05) is 0 Å². The molecule has 0 spiro atoms. The SMILES string of the molecule is CCC[Si](CCC)(CCC)c1cccc([P+](N)(c2cccc([Si](CCC)(CCC)CCC)c2)C2CCC(c3ccccc3)CC2)c1. The van der Waals surface area contributed by atoms with Gasteiger partial charge in [0.2, 0.25) is 0 Å². The van der Waals surface area contributed by atoms with E-state index in [1.807, 2.05) is 0 Å². The molecule has 0 saturated heterocycles. The second-order valence-corrected chi connectivity index (χ2v) is 27.4. The minimum Gasteiger partial charge on any atom is -0.195 e. The third-order valence-electron chi connectivity index (χ3n) is 11.7. The van der Waals surface area contributed by atoms with Crippen LogP contribution in [0.25, 0.3) is 0 Å². The zero-order chi connectivity index (χ0) is 33.0. The molecule has 3 aromatic carbocycles. The second kappa shape index (κ2) is 17.8. The molecule has 0 bridgehead atoms. The van der Waals surface area contributed by atoms with Crippen LogP contribution in [0.4, 0.5) is 0 Å². The molecule has 1 aliphatic rings. The molecule has 0 unspecified atom stereocenters. The third kappa shape index (κ3) is 8.19. The third-order valence-corrected chi connectivity index (χ3v) is 27.4. The van der Waals surface area contributed by atoms with Crippen LogP contribution in [0.1, 0.15) is 117 Å². The number of hydrogen-bond acceptors (Lipinski definition) is 1. The van der Waals surface area contributed by atoms with Gasteiger partial charge < -0.3 is 0 Å². The normalized spacial score (nSPS) is 17.7. The smallest absolute Gasteiger partial charge is 0.145 e. The van der Waals surface area contributed by atoms with Crippen LogP contribution in [0.15, 0.2) is 78.9 Å². The Morgan fingerprint density at radius 3 is 1.28 bits per heavy atom. The van der Waals surface area contributed by atoms with E-state index in [9.17, 15) is 0 Å². The van der Waals surface area contributed by atoms with E-state index in [-0.39, 0.29) is 0 Å². The molecule has 4 heteroatoms. The molecule has 0 radical (unpaired) electrons. The van der Waals surface area contributed by atoms with Crippen LogP contribution in [-0.2, 0) is 0 Å². The Morgan fingerprint density at radius 1 is 0.522 bits per heavy atom. The average Bonchev–Trinajstić information content (AvgIpc) is 3.09. The van der Waals surface area contributed by atoms with E-state index >= 15 is 0 Å². The van der Waals surface area contributed by atoms with E-state index in [1.54, 1.807) is 10.4 Å². The van der Waals surface area contributed by atoms with E-state index in [0.717, 1.165) is 0 Å². The highest BCUT2D eigenvalue weighted by atomic mass is 31.2. The predicted molar refractivity (Wildman–Crippen MR) is 216 cm³/mol. The molecule has 1 aliphatic carbocycles.